The van der Waals surface area contributed by atoms with E-state index in [2.05, 4.69) is 20.2 Å². The second kappa shape index (κ2) is 3.54. The summed E-state index contributed by atoms with van der Waals surface area (Å²) in [4.78, 5) is 7.63. The first-order valence-corrected chi connectivity index (χ1v) is 4.15. The molecule has 2 rings (SSSR count). The predicted octanol–water partition coefficient (Wildman–Crippen LogP) is -0.703. The minimum absolute atomic E-state index is 0.403. The summed E-state index contributed by atoms with van der Waals surface area (Å²) in [5.41, 5.74) is 0. The van der Waals surface area contributed by atoms with Gasteiger partial charge in [0.1, 0.15) is 25.3 Å². The van der Waals surface area contributed by atoms with Crippen molar-refractivity contribution in [3.05, 3.63) is 25.3 Å². The van der Waals surface area contributed by atoms with Crippen LogP contribution < -0.4 is 0 Å². The van der Waals surface area contributed by atoms with Crippen molar-refractivity contribution in [2.75, 3.05) is 0 Å². The first kappa shape index (κ1) is 8.82. The molecule has 0 bridgehead atoms. The van der Waals surface area contributed by atoms with Gasteiger partial charge in [-0.1, -0.05) is 0 Å². The molecule has 0 fully saturated rings. The second-order valence-electron chi connectivity index (χ2n) is 2.91. The minimum Gasteiger partial charge on any atom is -0.389 e. The molecule has 2 heterocycles. The Morgan fingerprint density at radius 1 is 1.07 bits per heavy atom. The number of aliphatic hydroxyl groups is 1. The molecule has 0 spiro atoms. The topological polar surface area (TPSA) is 81.6 Å². The lowest BCUT2D eigenvalue weighted by Gasteiger charge is -2.19. The fourth-order valence-electron chi connectivity index (χ4n) is 1.27. The molecule has 7 heteroatoms. The average Bonchev–Trinajstić information content (AvgIpc) is 2.75. The van der Waals surface area contributed by atoms with E-state index in [0.29, 0.717) is 0 Å². The Balaban J connectivity index is 2.35. The van der Waals surface area contributed by atoms with Gasteiger partial charge in [-0.15, -0.1) is 0 Å². The maximum Gasteiger partial charge on any atom is 0.172 e. The van der Waals surface area contributed by atoms with Crippen LogP contribution in [0.5, 0.6) is 0 Å². The number of aliphatic hydroxyl groups excluding tert-OH is 1. The summed E-state index contributed by atoms with van der Waals surface area (Å²) in [5, 5.41) is 17.5. The third kappa shape index (κ3) is 1.49. The molecule has 2 aromatic heterocycles. The summed E-state index contributed by atoms with van der Waals surface area (Å²) < 4.78 is 3.05. The van der Waals surface area contributed by atoms with Crippen molar-refractivity contribution < 1.29 is 5.11 Å². The van der Waals surface area contributed by atoms with Crippen molar-refractivity contribution in [2.45, 2.75) is 19.2 Å². The van der Waals surface area contributed by atoms with E-state index in [4.69, 9.17) is 0 Å². The van der Waals surface area contributed by atoms with E-state index in [0.717, 1.165) is 0 Å². The Kier molecular flexibility index (Phi) is 2.23. The molecule has 0 aliphatic rings. The van der Waals surface area contributed by atoms with Crippen molar-refractivity contribution in [3.8, 4) is 0 Å². The zero-order valence-electron chi connectivity index (χ0n) is 7.59. The van der Waals surface area contributed by atoms with Crippen LogP contribution in [0.25, 0.3) is 0 Å². The standard InChI is InChI=1S/C7H10N6O/c1-6(14)7(12-4-8-2-10-12)13-5-9-3-11-13/h2-7,14H,1H3. The highest BCUT2D eigenvalue weighted by Crippen LogP contribution is 2.10. The molecule has 7 nitrogen and oxygen atoms in total. The van der Waals surface area contributed by atoms with Gasteiger partial charge in [-0.3, -0.25) is 0 Å². The maximum absolute atomic E-state index is 9.58. The van der Waals surface area contributed by atoms with Gasteiger partial charge in [0.2, 0.25) is 0 Å². The summed E-state index contributed by atoms with van der Waals surface area (Å²) in [7, 11) is 0. The zero-order valence-corrected chi connectivity index (χ0v) is 7.59. The SMILES string of the molecule is CC(O)C(n1cncn1)n1cncn1. The lowest BCUT2D eigenvalue weighted by molar-refractivity contribution is 0.0981. The van der Waals surface area contributed by atoms with Crippen molar-refractivity contribution in [1.29, 1.82) is 0 Å². The normalized spacial score (nSPS) is 13.4. The molecular weight excluding hydrogens is 184 g/mol. The van der Waals surface area contributed by atoms with Gasteiger partial charge in [0.15, 0.2) is 6.17 Å². The van der Waals surface area contributed by atoms with E-state index in [9.17, 15) is 5.11 Å². The number of aromatic nitrogens is 6. The molecule has 2 aromatic rings. The van der Waals surface area contributed by atoms with Crippen molar-refractivity contribution in [2.24, 2.45) is 0 Å². The maximum atomic E-state index is 9.58. The van der Waals surface area contributed by atoms with E-state index in [1.54, 1.807) is 6.92 Å². The first-order valence-electron chi connectivity index (χ1n) is 4.15. The highest BCUT2D eigenvalue weighted by atomic mass is 16.3. The lowest BCUT2D eigenvalue weighted by Crippen LogP contribution is -2.29. The van der Waals surface area contributed by atoms with Crippen LogP contribution in [0.2, 0.25) is 0 Å². The van der Waals surface area contributed by atoms with Gasteiger partial charge in [-0.05, 0) is 6.92 Å². The first-order chi connectivity index (χ1) is 6.79. The largest absolute Gasteiger partial charge is 0.389 e. The van der Waals surface area contributed by atoms with Gasteiger partial charge in [-0.25, -0.2) is 19.3 Å². The van der Waals surface area contributed by atoms with E-state index in [1.165, 1.54) is 34.7 Å². The Labute approximate surface area is 80.0 Å². The smallest absolute Gasteiger partial charge is 0.172 e. The van der Waals surface area contributed by atoms with E-state index >= 15 is 0 Å². The fraction of sp³-hybridized carbons (Fsp3) is 0.429. The molecule has 14 heavy (non-hydrogen) atoms. The molecule has 0 amide bonds. The monoisotopic (exact) mass is 194 g/mol. The summed E-state index contributed by atoms with van der Waals surface area (Å²) >= 11 is 0. The highest BCUT2D eigenvalue weighted by molar-refractivity contribution is 4.75. The quantitative estimate of drug-likeness (QED) is 0.698. The van der Waals surface area contributed by atoms with Gasteiger partial charge < -0.3 is 5.11 Å². The molecular formula is C7H10N6O. The number of nitrogens with zero attached hydrogens (tertiary/aromatic N) is 6. The lowest BCUT2D eigenvalue weighted by atomic mass is 10.3. The Morgan fingerprint density at radius 3 is 1.86 bits per heavy atom. The van der Waals surface area contributed by atoms with Gasteiger partial charge in [-0.2, -0.15) is 10.2 Å². The van der Waals surface area contributed by atoms with Crippen LogP contribution >= 0.6 is 0 Å². The van der Waals surface area contributed by atoms with Gasteiger partial charge >= 0.3 is 0 Å². The molecule has 0 aliphatic carbocycles. The van der Waals surface area contributed by atoms with Crippen LogP contribution in [0.3, 0.4) is 0 Å². The van der Waals surface area contributed by atoms with Crippen molar-refractivity contribution in [1.82, 2.24) is 29.5 Å². The number of hydrogen-bond acceptors (Lipinski definition) is 5. The second-order valence-corrected chi connectivity index (χ2v) is 2.91. The van der Waals surface area contributed by atoms with Crippen molar-refractivity contribution in [3.63, 3.8) is 0 Å². The summed E-state index contributed by atoms with van der Waals surface area (Å²) in [5.74, 6) is 0. The van der Waals surface area contributed by atoms with Gasteiger partial charge in [0.25, 0.3) is 0 Å². The zero-order chi connectivity index (χ0) is 9.97. The Morgan fingerprint density at radius 2 is 1.57 bits per heavy atom. The van der Waals surface area contributed by atoms with Gasteiger partial charge in [0.05, 0.1) is 6.10 Å². The fourth-order valence-corrected chi connectivity index (χ4v) is 1.27. The molecule has 0 aliphatic heterocycles. The Bertz CT molecular complexity index is 333. The predicted molar refractivity (Wildman–Crippen MR) is 46.2 cm³/mol. The third-order valence-corrected chi connectivity index (χ3v) is 1.85. The van der Waals surface area contributed by atoms with Crippen LogP contribution in [0.1, 0.15) is 13.1 Å². The Hall–Kier alpha value is -1.76. The molecule has 0 saturated carbocycles. The highest BCUT2D eigenvalue weighted by Gasteiger charge is 2.19. The number of rotatable bonds is 3. The van der Waals surface area contributed by atoms with Gasteiger partial charge in [0, 0.05) is 0 Å². The summed E-state index contributed by atoms with van der Waals surface area (Å²) in [6.07, 6.45) is 4.84. The van der Waals surface area contributed by atoms with Crippen LogP contribution in [-0.4, -0.2) is 40.7 Å². The van der Waals surface area contributed by atoms with Crippen LogP contribution in [-0.2, 0) is 0 Å². The molecule has 1 N–H and O–H groups in total. The molecule has 74 valence electrons. The van der Waals surface area contributed by atoms with Crippen LogP contribution in [0.4, 0.5) is 0 Å². The van der Waals surface area contributed by atoms with E-state index < -0.39 is 12.3 Å². The van der Waals surface area contributed by atoms with Crippen LogP contribution in [0.15, 0.2) is 25.3 Å². The number of hydrogen-bond donors (Lipinski definition) is 1. The molecule has 0 saturated heterocycles. The summed E-state index contributed by atoms with van der Waals surface area (Å²) in [6, 6.07) is 0. The van der Waals surface area contributed by atoms with E-state index in [1.807, 2.05) is 0 Å². The minimum atomic E-state index is -0.626. The molecule has 1 unspecified atom stereocenters. The average molecular weight is 194 g/mol. The van der Waals surface area contributed by atoms with Crippen molar-refractivity contribution >= 4 is 0 Å². The molecule has 0 radical (unpaired) electrons. The van der Waals surface area contributed by atoms with Crippen LogP contribution in [0, 0.1) is 0 Å². The van der Waals surface area contributed by atoms with E-state index in [-0.39, 0.29) is 0 Å². The summed E-state index contributed by atoms with van der Waals surface area (Å²) in [6.45, 7) is 1.66. The third-order valence-electron chi connectivity index (χ3n) is 1.85. The molecule has 0 aromatic carbocycles. The molecule has 1 atom stereocenters.